The molecule has 1 aromatic heterocycles. The zero-order chi connectivity index (χ0) is 25.2. The molecule has 5 nitrogen and oxygen atoms in total. The molecule has 0 bridgehead atoms. The zero-order valence-corrected chi connectivity index (χ0v) is 19.1. The summed E-state index contributed by atoms with van der Waals surface area (Å²) in [6.07, 6.45) is -1.42. The molecule has 0 fully saturated rings. The average Bonchev–Trinajstić information content (AvgIpc) is 2.82. The Morgan fingerprint density at radius 3 is 2.34 bits per heavy atom. The number of aliphatic hydroxyl groups is 1. The summed E-state index contributed by atoms with van der Waals surface area (Å²) >= 11 is 0. The number of halogens is 4. The number of anilines is 1. The summed E-state index contributed by atoms with van der Waals surface area (Å²) in [7, 11) is 0. The number of hydrogen-bond donors (Lipinski definition) is 1. The van der Waals surface area contributed by atoms with Gasteiger partial charge in [0.05, 0.1) is 17.8 Å². The number of fused-ring (bicyclic) bond motifs is 1. The van der Waals surface area contributed by atoms with Crippen LogP contribution >= 0.6 is 0 Å². The minimum Gasteiger partial charge on any atom is -0.396 e. The third kappa shape index (κ3) is 4.86. The summed E-state index contributed by atoms with van der Waals surface area (Å²) in [5.41, 5.74) is 1.26. The molecular weight excluding hydrogens is 462 g/mol. The molecule has 2 amide bonds. The fourth-order valence-corrected chi connectivity index (χ4v) is 4.77. The average molecular weight is 487 g/mol. The maximum atomic E-state index is 13.9. The number of rotatable bonds is 7. The number of carbonyl (C=O) groups excluding carboxylic acids is 1. The Kier molecular flexibility index (Phi) is 6.80. The van der Waals surface area contributed by atoms with E-state index in [1.807, 2.05) is 6.92 Å². The lowest BCUT2D eigenvalue weighted by Crippen LogP contribution is -2.61. The van der Waals surface area contributed by atoms with Gasteiger partial charge in [-0.3, -0.25) is 9.88 Å². The van der Waals surface area contributed by atoms with Crippen molar-refractivity contribution in [3.8, 4) is 0 Å². The largest absolute Gasteiger partial charge is 0.406 e. The number of benzene rings is 2. The number of pyridine rings is 1. The Hall–Kier alpha value is -3.46. The van der Waals surface area contributed by atoms with E-state index in [2.05, 4.69) is 4.98 Å². The molecular formula is C26H25F4N3O2. The van der Waals surface area contributed by atoms with Crippen molar-refractivity contribution in [3.63, 3.8) is 0 Å². The second-order valence-electron chi connectivity index (χ2n) is 8.64. The molecule has 4 rings (SSSR count). The van der Waals surface area contributed by atoms with Crippen LogP contribution in [0.2, 0.25) is 0 Å². The summed E-state index contributed by atoms with van der Waals surface area (Å²) in [6.45, 7) is 0.0818. The molecule has 0 saturated heterocycles. The lowest BCUT2D eigenvalue weighted by molar-refractivity contribution is -0.149. The van der Waals surface area contributed by atoms with Gasteiger partial charge in [-0.2, -0.15) is 13.2 Å². The first-order valence-corrected chi connectivity index (χ1v) is 11.2. The van der Waals surface area contributed by atoms with E-state index in [9.17, 15) is 27.5 Å². The van der Waals surface area contributed by atoms with Crippen LogP contribution in [0.3, 0.4) is 0 Å². The van der Waals surface area contributed by atoms with Crippen molar-refractivity contribution in [1.29, 1.82) is 0 Å². The van der Waals surface area contributed by atoms with E-state index in [0.717, 1.165) is 10.5 Å². The van der Waals surface area contributed by atoms with Gasteiger partial charge in [0.25, 0.3) is 0 Å². The quantitative estimate of drug-likeness (QED) is 0.445. The molecule has 9 heteroatoms. The molecule has 0 spiro atoms. The fourth-order valence-electron chi connectivity index (χ4n) is 4.77. The molecule has 0 saturated carbocycles. The number of alkyl halides is 3. The van der Waals surface area contributed by atoms with Crippen molar-refractivity contribution in [2.24, 2.45) is 0 Å². The van der Waals surface area contributed by atoms with Crippen molar-refractivity contribution >= 4 is 11.7 Å². The molecule has 0 aliphatic carbocycles. The van der Waals surface area contributed by atoms with Crippen LogP contribution in [0.25, 0.3) is 0 Å². The van der Waals surface area contributed by atoms with Crippen LogP contribution in [0.1, 0.15) is 35.1 Å². The molecule has 1 unspecified atom stereocenters. The van der Waals surface area contributed by atoms with Gasteiger partial charge in [-0.25, -0.2) is 9.18 Å². The normalized spacial score (nSPS) is 18.1. The van der Waals surface area contributed by atoms with Gasteiger partial charge in [-0.15, -0.1) is 0 Å². The van der Waals surface area contributed by atoms with Crippen LogP contribution in [-0.4, -0.2) is 40.3 Å². The molecule has 2 heterocycles. The predicted molar refractivity (Wildman–Crippen MR) is 123 cm³/mol. The third-order valence-electron chi connectivity index (χ3n) is 6.26. The Morgan fingerprint density at radius 1 is 1.03 bits per heavy atom. The number of urea groups is 1. The van der Waals surface area contributed by atoms with Gasteiger partial charge in [0.15, 0.2) is 0 Å². The van der Waals surface area contributed by atoms with Gasteiger partial charge in [-0.1, -0.05) is 29.8 Å². The number of amides is 2. The van der Waals surface area contributed by atoms with E-state index in [4.69, 9.17) is 0 Å². The SMILES string of the molecule is Cc1ccc2c(c1)C(CCCO)(c1ccc(F)cc1)N(CC(F)(F)F)C(=O)N2Cc1ccncc1. The number of aryl methyl sites for hydroxylation is 1. The Morgan fingerprint density at radius 2 is 1.71 bits per heavy atom. The van der Waals surface area contributed by atoms with Crippen molar-refractivity contribution in [2.75, 3.05) is 18.1 Å². The van der Waals surface area contributed by atoms with Gasteiger partial charge >= 0.3 is 12.2 Å². The monoisotopic (exact) mass is 487 g/mol. The van der Waals surface area contributed by atoms with Gasteiger partial charge in [0, 0.05) is 24.6 Å². The number of aliphatic hydroxyl groups excluding tert-OH is 1. The molecule has 184 valence electrons. The fraction of sp³-hybridized carbons (Fsp3) is 0.308. The maximum absolute atomic E-state index is 13.9. The van der Waals surface area contributed by atoms with Crippen molar-refractivity contribution in [1.82, 2.24) is 9.88 Å². The zero-order valence-electron chi connectivity index (χ0n) is 19.1. The number of hydrogen-bond acceptors (Lipinski definition) is 3. The van der Waals surface area contributed by atoms with Gasteiger partial charge in [-0.05, 0) is 61.2 Å². The molecule has 2 aromatic carbocycles. The Labute approximate surface area is 200 Å². The summed E-state index contributed by atoms with van der Waals surface area (Å²) in [4.78, 5) is 20.0. The molecule has 1 aliphatic heterocycles. The highest BCUT2D eigenvalue weighted by atomic mass is 19.4. The summed E-state index contributed by atoms with van der Waals surface area (Å²) in [5, 5.41) is 9.63. The molecule has 1 atom stereocenters. The van der Waals surface area contributed by atoms with Crippen LogP contribution in [-0.2, 0) is 12.1 Å². The molecule has 1 N–H and O–H groups in total. The van der Waals surface area contributed by atoms with E-state index < -0.39 is 30.1 Å². The number of carbonyl (C=O) groups is 1. The lowest BCUT2D eigenvalue weighted by Gasteiger charge is -2.52. The summed E-state index contributed by atoms with van der Waals surface area (Å²) in [5.74, 6) is -0.542. The van der Waals surface area contributed by atoms with Crippen molar-refractivity contribution in [2.45, 2.75) is 38.0 Å². The first kappa shape index (κ1) is 24.7. The minimum absolute atomic E-state index is 0.0243. The summed E-state index contributed by atoms with van der Waals surface area (Å²) < 4.78 is 55.6. The molecule has 35 heavy (non-hydrogen) atoms. The summed E-state index contributed by atoms with van der Waals surface area (Å²) in [6, 6.07) is 13.0. The van der Waals surface area contributed by atoms with Crippen molar-refractivity contribution in [3.05, 3.63) is 95.1 Å². The first-order valence-electron chi connectivity index (χ1n) is 11.2. The smallest absolute Gasteiger partial charge is 0.396 e. The van der Waals surface area contributed by atoms with E-state index >= 15 is 0 Å². The van der Waals surface area contributed by atoms with Crippen LogP contribution in [0.5, 0.6) is 0 Å². The molecule has 0 radical (unpaired) electrons. The second-order valence-corrected chi connectivity index (χ2v) is 8.64. The highest BCUT2D eigenvalue weighted by Gasteiger charge is 2.53. The minimum atomic E-state index is -4.69. The Balaban J connectivity index is 2.00. The van der Waals surface area contributed by atoms with Gasteiger partial charge in [0.1, 0.15) is 12.4 Å². The second kappa shape index (κ2) is 9.65. The van der Waals surface area contributed by atoms with Crippen LogP contribution in [0, 0.1) is 12.7 Å². The van der Waals surface area contributed by atoms with E-state index in [-0.39, 0.29) is 26.0 Å². The van der Waals surface area contributed by atoms with E-state index in [1.54, 1.807) is 42.7 Å². The van der Waals surface area contributed by atoms with Crippen LogP contribution in [0.15, 0.2) is 67.0 Å². The number of aromatic nitrogens is 1. The first-order chi connectivity index (χ1) is 16.7. The van der Waals surface area contributed by atoms with Gasteiger partial charge < -0.3 is 10.0 Å². The van der Waals surface area contributed by atoms with Gasteiger partial charge in [0.2, 0.25) is 0 Å². The van der Waals surface area contributed by atoms with E-state index in [0.29, 0.717) is 22.4 Å². The highest BCUT2D eigenvalue weighted by Crippen LogP contribution is 2.50. The van der Waals surface area contributed by atoms with Crippen molar-refractivity contribution < 1.29 is 27.5 Å². The highest BCUT2D eigenvalue weighted by molar-refractivity contribution is 5.97. The van der Waals surface area contributed by atoms with E-state index in [1.165, 1.54) is 29.2 Å². The predicted octanol–water partition coefficient (Wildman–Crippen LogP) is 5.55. The number of nitrogens with zero attached hydrogens (tertiary/aromatic N) is 3. The Bertz CT molecular complexity index is 1190. The molecule has 3 aromatic rings. The van der Waals surface area contributed by atoms with Crippen LogP contribution < -0.4 is 4.90 Å². The lowest BCUT2D eigenvalue weighted by atomic mass is 9.74. The van der Waals surface area contributed by atoms with Crippen LogP contribution in [0.4, 0.5) is 28.0 Å². The topological polar surface area (TPSA) is 56.7 Å². The standard InChI is InChI=1S/C26H25F4N3O2/c1-18-3-8-23-22(15-18)25(11-2-14-34,20-4-6-21(27)7-5-20)33(17-26(28,29)30)24(35)32(23)16-19-9-12-31-13-10-19/h3-10,12-13,15,34H,2,11,14,16-17H2,1H3. The maximum Gasteiger partial charge on any atom is 0.406 e. The molecule has 1 aliphatic rings. The third-order valence-corrected chi connectivity index (χ3v) is 6.26.